The van der Waals surface area contributed by atoms with Crippen molar-refractivity contribution in [1.82, 2.24) is 5.32 Å². The van der Waals surface area contributed by atoms with E-state index in [2.05, 4.69) is 10.1 Å². The third-order valence-corrected chi connectivity index (χ3v) is 2.89. The highest BCUT2D eigenvalue weighted by molar-refractivity contribution is 5.85. The molecule has 102 valence electrons. The highest BCUT2D eigenvalue weighted by Crippen LogP contribution is 2.09. The fourth-order valence-electron chi connectivity index (χ4n) is 1.86. The van der Waals surface area contributed by atoms with E-state index in [9.17, 15) is 4.79 Å². The van der Waals surface area contributed by atoms with Crippen LogP contribution in [-0.2, 0) is 14.3 Å². The van der Waals surface area contributed by atoms with Crippen molar-refractivity contribution >= 4 is 18.4 Å². The van der Waals surface area contributed by atoms with Crippen molar-refractivity contribution in [2.75, 3.05) is 26.8 Å². The molecule has 0 aromatic carbocycles. The summed E-state index contributed by atoms with van der Waals surface area (Å²) in [5, 5.41) is 3.31. The monoisotopic (exact) mass is 265 g/mol. The van der Waals surface area contributed by atoms with E-state index in [4.69, 9.17) is 4.74 Å². The molecule has 1 N–H and O–H groups in total. The van der Waals surface area contributed by atoms with E-state index in [0.29, 0.717) is 12.5 Å². The van der Waals surface area contributed by atoms with Crippen LogP contribution >= 0.6 is 12.4 Å². The van der Waals surface area contributed by atoms with Gasteiger partial charge in [-0.1, -0.05) is 6.42 Å². The average molecular weight is 266 g/mol. The van der Waals surface area contributed by atoms with Crippen molar-refractivity contribution in [2.24, 2.45) is 0 Å². The van der Waals surface area contributed by atoms with Crippen molar-refractivity contribution in [3.05, 3.63) is 0 Å². The van der Waals surface area contributed by atoms with Crippen molar-refractivity contribution < 1.29 is 14.3 Å². The van der Waals surface area contributed by atoms with Gasteiger partial charge in [-0.15, -0.1) is 12.4 Å². The van der Waals surface area contributed by atoms with Crippen LogP contribution in [0.25, 0.3) is 0 Å². The Kier molecular flexibility index (Phi) is 10.6. The number of methoxy groups -OCH3 is 1. The van der Waals surface area contributed by atoms with Crippen LogP contribution in [0.15, 0.2) is 0 Å². The van der Waals surface area contributed by atoms with E-state index in [1.807, 2.05) is 0 Å². The lowest BCUT2D eigenvalue weighted by Crippen LogP contribution is -2.32. The number of halogens is 1. The lowest BCUT2D eigenvalue weighted by molar-refractivity contribution is -0.140. The summed E-state index contributed by atoms with van der Waals surface area (Å²) >= 11 is 0. The molecule has 1 fully saturated rings. The Hall–Kier alpha value is -0.320. The van der Waals surface area contributed by atoms with Crippen LogP contribution in [0.4, 0.5) is 0 Å². The number of unbranched alkanes of at least 4 members (excludes halogenated alkanes) is 2. The Morgan fingerprint density at radius 3 is 2.59 bits per heavy atom. The third kappa shape index (κ3) is 8.41. The van der Waals surface area contributed by atoms with Crippen LogP contribution in [0.1, 0.15) is 38.5 Å². The summed E-state index contributed by atoms with van der Waals surface area (Å²) < 4.78 is 10.3. The van der Waals surface area contributed by atoms with E-state index in [1.165, 1.54) is 7.11 Å². The minimum Gasteiger partial charge on any atom is -0.469 e. The molecule has 0 amide bonds. The van der Waals surface area contributed by atoms with Gasteiger partial charge in [0.25, 0.3) is 0 Å². The molecular formula is C12H24ClNO3. The van der Waals surface area contributed by atoms with Crippen LogP contribution in [-0.4, -0.2) is 38.9 Å². The SMILES string of the molecule is COC(=O)CCCCCOC1CCNCC1.Cl. The zero-order valence-corrected chi connectivity index (χ0v) is 11.4. The third-order valence-electron chi connectivity index (χ3n) is 2.89. The van der Waals surface area contributed by atoms with Gasteiger partial charge in [0.05, 0.1) is 13.2 Å². The van der Waals surface area contributed by atoms with E-state index in [1.54, 1.807) is 0 Å². The first-order valence-electron chi connectivity index (χ1n) is 6.22. The van der Waals surface area contributed by atoms with Gasteiger partial charge >= 0.3 is 5.97 Å². The number of nitrogens with one attached hydrogen (secondary N) is 1. The van der Waals surface area contributed by atoms with E-state index >= 15 is 0 Å². The van der Waals surface area contributed by atoms with Crippen molar-refractivity contribution in [3.8, 4) is 0 Å². The highest BCUT2D eigenvalue weighted by atomic mass is 35.5. The highest BCUT2D eigenvalue weighted by Gasteiger charge is 2.12. The normalized spacial score (nSPS) is 16.3. The average Bonchev–Trinajstić information content (AvgIpc) is 2.34. The summed E-state index contributed by atoms with van der Waals surface area (Å²) in [6.45, 7) is 2.98. The Morgan fingerprint density at radius 2 is 1.94 bits per heavy atom. The minimum atomic E-state index is -0.112. The van der Waals surface area contributed by atoms with Crippen LogP contribution in [0, 0.1) is 0 Å². The summed E-state index contributed by atoms with van der Waals surface area (Å²) in [6, 6.07) is 0. The molecule has 0 spiro atoms. The second-order valence-corrected chi connectivity index (χ2v) is 4.21. The van der Waals surface area contributed by atoms with Crippen LogP contribution in [0.5, 0.6) is 0 Å². The van der Waals surface area contributed by atoms with Crippen molar-refractivity contribution in [2.45, 2.75) is 44.6 Å². The molecule has 0 aliphatic carbocycles. The number of hydrogen-bond acceptors (Lipinski definition) is 4. The fraction of sp³-hybridized carbons (Fsp3) is 0.917. The van der Waals surface area contributed by atoms with Gasteiger partial charge in [0.1, 0.15) is 0 Å². The maximum atomic E-state index is 10.8. The van der Waals surface area contributed by atoms with Gasteiger partial charge in [-0.25, -0.2) is 0 Å². The van der Waals surface area contributed by atoms with Crippen LogP contribution < -0.4 is 5.32 Å². The molecule has 0 bridgehead atoms. The Bertz CT molecular complexity index is 196. The van der Waals surface area contributed by atoms with Gasteiger partial charge in [0.2, 0.25) is 0 Å². The Balaban J connectivity index is 0.00000256. The number of esters is 1. The molecule has 1 heterocycles. The molecule has 1 saturated heterocycles. The van der Waals surface area contributed by atoms with E-state index < -0.39 is 0 Å². The molecule has 1 aliphatic heterocycles. The maximum Gasteiger partial charge on any atom is 0.305 e. The van der Waals surface area contributed by atoms with Gasteiger partial charge in [0, 0.05) is 13.0 Å². The molecule has 1 rings (SSSR count). The topological polar surface area (TPSA) is 47.6 Å². The first-order chi connectivity index (χ1) is 7.83. The number of ether oxygens (including phenoxy) is 2. The van der Waals surface area contributed by atoms with Crippen LogP contribution in [0.2, 0.25) is 0 Å². The second kappa shape index (κ2) is 10.8. The van der Waals surface area contributed by atoms with Crippen molar-refractivity contribution in [3.63, 3.8) is 0 Å². The Labute approximate surface area is 110 Å². The predicted molar refractivity (Wildman–Crippen MR) is 69.6 cm³/mol. The summed E-state index contributed by atoms with van der Waals surface area (Å²) in [5.74, 6) is -0.112. The van der Waals surface area contributed by atoms with E-state index in [-0.39, 0.29) is 18.4 Å². The molecule has 0 atom stereocenters. The Morgan fingerprint density at radius 1 is 1.24 bits per heavy atom. The minimum absolute atomic E-state index is 0. The van der Waals surface area contributed by atoms with Crippen LogP contribution in [0.3, 0.4) is 0 Å². The molecule has 0 saturated carbocycles. The molecule has 0 aromatic rings. The zero-order chi connectivity index (χ0) is 11.6. The molecule has 4 nitrogen and oxygen atoms in total. The standard InChI is InChI=1S/C12H23NO3.ClH/c1-15-12(14)5-3-2-4-10-16-11-6-8-13-9-7-11;/h11,13H,2-10H2,1H3;1H. The molecule has 17 heavy (non-hydrogen) atoms. The summed E-state index contributed by atoms with van der Waals surface area (Å²) in [7, 11) is 1.43. The number of carbonyl (C=O) groups is 1. The van der Waals surface area contributed by atoms with Gasteiger partial charge in [-0.3, -0.25) is 4.79 Å². The van der Waals surface area contributed by atoms with Gasteiger partial charge in [0.15, 0.2) is 0 Å². The predicted octanol–water partition coefficient (Wildman–Crippen LogP) is 1.91. The van der Waals surface area contributed by atoms with Crippen molar-refractivity contribution in [1.29, 1.82) is 0 Å². The molecule has 5 heteroatoms. The molecule has 0 radical (unpaired) electrons. The molecule has 0 aromatic heterocycles. The molecule has 0 unspecified atom stereocenters. The summed E-state index contributed by atoms with van der Waals surface area (Å²) in [5.41, 5.74) is 0. The van der Waals surface area contributed by atoms with Gasteiger partial charge in [-0.05, 0) is 38.8 Å². The molecular weight excluding hydrogens is 242 g/mol. The van der Waals surface area contributed by atoms with Gasteiger partial charge in [-0.2, -0.15) is 0 Å². The largest absolute Gasteiger partial charge is 0.469 e. The number of piperidine rings is 1. The smallest absolute Gasteiger partial charge is 0.305 e. The lowest BCUT2D eigenvalue weighted by atomic mass is 10.1. The number of rotatable bonds is 7. The summed E-state index contributed by atoms with van der Waals surface area (Å²) in [6.07, 6.45) is 6.22. The van der Waals surface area contributed by atoms with Gasteiger partial charge < -0.3 is 14.8 Å². The zero-order valence-electron chi connectivity index (χ0n) is 10.6. The first kappa shape index (κ1) is 16.7. The quantitative estimate of drug-likeness (QED) is 0.564. The van der Waals surface area contributed by atoms with E-state index in [0.717, 1.165) is 51.8 Å². The lowest BCUT2D eigenvalue weighted by Gasteiger charge is -2.22. The summed E-state index contributed by atoms with van der Waals surface area (Å²) in [4.78, 5) is 10.8. The molecule has 1 aliphatic rings. The number of carbonyl (C=O) groups excluding carboxylic acids is 1. The first-order valence-corrected chi connectivity index (χ1v) is 6.22. The number of hydrogen-bond donors (Lipinski definition) is 1. The second-order valence-electron chi connectivity index (χ2n) is 4.21. The fourth-order valence-corrected chi connectivity index (χ4v) is 1.86. The maximum absolute atomic E-state index is 10.8.